The third-order valence-electron chi connectivity index (χ3n) is 3.60. The number of aliphatic hydroxyl groups excluding tert-OH is 1. The van der Waals surface area contributed by atoms with Crippen molar-refractivity contribution in [2.45, 2.75) is 43.1 Å². The van der Waals surface area contributed by atoms with Crippen LogP contribution in [0.15, 0.2) is 29.2 Å². The second-order valence-electron chi connectivity index (χ2n) is 5.18. The Labute approximate surface area is 118 Å². The van der Waals surface area contributed by atoms with Gasteiger partial charge in [0.25, 0.3) is 0 Å². The molecule has 0 radical (unpaired) electrons. The van der Waals surface area contributed by atoms with E-state index in [-0.39, 0.29) is 6.10 Å². The van der Waals surface area contributed by atoms with Crippen LogP contribution >= 0.6 is 11.8 Å². The molecule has 2 rings (SSSR count). The molecule has 1 aromatic rings. The van der Waals surface area contributed by atoms with Crippen molar-refractivity contribution >= 4 is 17.7 Å². The Morgan fingerprint density at radius 3 is 2.79 bits per heavy atom. The first-order valence-electron chi connectivity index (χ1n) is 6.79. The second kappa shape index (κ2) is 6.96. The summed E-state index contributed by atoms with van der Waals surface area (Å²) in [5.74, 6) is 0.412. The monoisotopic (exact) mass is 280 g/mol. The van der Waals surface area contributed by atoms with E-state index in [1.54, 1.807) is 18.2 Å². The second-order valence-corrected chi connectivity index (χ2v) is 6.28. The van der Waals surface area contributed by atoms with Crippen LogP contribution in [0, 0.1) is 5.92 Å². The average Bonchev–Trinajstić information content (AvgIpc) is 2.89. The summed E-state index contributed by atoms with van der Waals surface area (Å²) in [6.07, 6.45) is 5.68. The Morgan fingerprint density at radius 1 is 1.37 bits per heavy atom. The summed E-state index contributed by atoms with van der Waals surface area (Å²) in [5, 5.41) is 18.9. The van der Waals surface area contributed by atoms with Gasteiger partial charge >= 0.3 is 5.97 Å². The first kappa shape index (κ1) is 14.4. The lowest BCUT2D eigenvalue weighted by molar-refractivity contribution is 0.0696. The zero-order valence-electron chi connectivity index (χ0n) is 10.9. The van der Waals surface area contributed by atoms with Crippen LogP contribution in [-0.2, 0) is 0 Å². The Morgan fingerprint density at radius 2 is 2.11 bits per heavy atom. The Balaban J connectivity index is 1.80. The van der Waals surface area contributed by atoms with E-state index >= 15 is 0 Å². The van der Waals surface area contributed by atoms with Gasteiger partial charge in [-0.15, -0.1) is 11.8 Å². The third-order valence-corrected chi connectivity index (χ3v) is 4.74. The fourth-order valence-electron chi connectivity index (χ4n) is 2.61. The molecule has 4 heteroatoms. The van der Waals surface area contributed by atoms with Crippen molar-refractivity contribution in [3.05, 3.63) is 29.8 Å². The molecular weight excluding hydrogens is 260 g/mol. The summed E-state index contributed by atoms with van der Waals surface area (Å²) in [5.41, 5.74) is 0.301. The summed E-state index contributed by atoms with van der Waals surface area (Å²) < 4.78 is 0. The molecule has 0 saturated heterocycles. The molecule has 1 aliphatic rings. The smallest absolute Gasteiger partial charge is 0.335 e. The Hall–Kier alpha value is -1.00. The number of thioether (sulfide) groups is 1. The molecule has 0 aliphatic heterocycles. The summed E-state index contributed by atoms with van der Waals surface area (Å²) in [6, 6.07) is 6.88. The molecule has 0 amide bonds. The predicted octanol–water partition coefficient (Wildman–Crippen LogP) is 3.42. The molecule has 3 nitrogen and oxygen atoms in total. The lowest BCUT2D eigenvalue weighted by Crippen LogP contribution is -2.14. The molecule has 0 bridgehead atoms. The molecule has 0 heterocycles. The number of hydrogen-bond acceptors (Lipinski definition) is 3. The van der Waals surface area contributed by atoms with Crippen molar-refractivity contribution in [2.24, 2.45) is 5.92 Å². The highest BCUT2D eigenvalue weighted by Crippen LogP contribution is 2.30. The van der Waals surface area contributed by atoms with Crippen LogP contribution in [-0.4, -0.2) is 28.0 Å². The van der Waals surface area contributed by atoms with Gasteiger partial charge in [0.1, 0.15) is 0 Å². The van der Waals surface area contributed by atoms with Crippen LogP contribution < -0.4 is 0 Å². The third kappa shape index (κ3) is 4.55. The molecule has 0 aromatic heterocycles. The normalized spacial score (nSPS) is 17.5. The Kier molecular flexibility index (Phi) is 5.28. The molecule has 1 aliphatic carbocycles. The van der Waals surface area contributed by atoms with Crippen molar-refractivity contribution in [3.8, 4) is 0 Å². The first-order valence-corrected chi connectivity index (χ1v) is 7.78. The van der Waals surface area contributed by atoms with Gasteiger partial charge in [-0.1, -0.05) is 31.7 Å². The van der Waals surface area contributed by atoms with Gasteiger partial charge in [0.05, 0.1) is 11.7 Å². The lowest BCUT2D eigenvalue weighted by atomic mass is 10.0. The number of carboxylic acid groups (broad SMARTS) is 1. The lowest BCUT2D eigenvalue weighted by Gasteiger charge is -2.15. The van der Waals surface area contributed by atoms with Crippen molar-refractivity contribution in [2.75, 3.05) is 5.75 Å². The number of rotatable bonds is 6. The highest BCUT2D eigenvalue weighted by atomic mass is 32.2. The van der Waals surface area contributed by atoms with Gasteiger partial charge in [0, 0.05) is 10.6 Å². The molecule has 1 aromatic carbocycles. The maximum atomic E-state index is 10.9. The van der Waals surface area contributed by atoms with E-state index in [1.165, 1.54) is 37.4 Å². The molecule has 1 atom stereocenters. The van der Waals surface area contributed by atoms with Crippen molar-refractivity contribution in [3.63, 3.8) is 0 Å². The summed E-state index contributed by atoms with van der Waals surface area (Å²) in [6.45, 7) is 0. The maximum absolute atomic E-state index is 10.9. The summed E-state index contributed by atoms with van der Waals surface area (Å²) in [7, 11) is 0. The zero-order valence-corrected chi connectivity index (χ0v) is 11.7. The molecule has 1 fully saturated rings. The topological polar surface area (TPSA) is 57.5 Å². The van der Waals surface area contributed by atoms with Crippen molar-refractivity contribution in [1.82, 2.24) is 0 Å². The minimum absolute atomic E-state index is 0.290. The van der Waals surface area contributed by atoms with Crippen LogP contribution in [0.2, 0.25) is 0 Å². The molecular formula is C15H20O3S. The fraction of sp³-hybridized carbons (Fsp3) is 0.533. The SMILES string of the molecule is O=C(O)c1cccc(SCC(O)CC2CCCC2)c1. The van der Waals surface area contributed by atoms with Crippen LogP contribution in [0.1, 0.15) is 42.5 Å². The van der Waals surface area contributed by atoms with E-state index in [0.29, 0.717) is 17.2 Å². The van der Waals surface area contributed by atoms with Crippen LogP contribution in [0.4, 0.5) is 0 Å². The quantitative estimate of drug-likeness (QED) is 0.784. The van der Waals surface area contributed by atoms with Gasteiger partial charge in [0.2, 0.25) is 0 Å². The number of carboxylic acids is 1. The first-order chi connectivity index (χ1) is 9.15. The summed E-state index contributed by atoms with van der Waals surface area (Å²) in [4.78, 5) is 11.8. The number of hydrogen-bond donors (Lipinski definition) is 2. The van der Waals surface area contributed by atoms with Gasteiger partial charge in [-0.05, 0) is 30.5 Å². The zero-order chi connectivity index (χ0) is 13.7. The minimum Gasteiger partial charge on any atom is -0.478 e. The fourth-order valence-corrected chi connectivity index (χ4v) is 3.52. The van der Waals surface area contributed by atoms with Crippen LogP contribution in [0.25, 0.3) is 0 Å². The van der Waals surface area contributed by atoms with Gasteiger partial charge in [0.15, 0.2) is 0 Å². The maximum Gasteiger partial charge on any atom is 0.335 e. The predicted molar refractivity (Wildman–Crippen MR) is 76.7 cm³/mol. The van der Waals surface area contributed by atoms with Crippen molar-refractivity contribution < 1.29 is 15.0 Å². The minimum atomic E-state index is -0.908. The molecule has 1 unspecified atom stereocenters. The molecule has 19 heavy (non-hydrogen) atoms. The van der Waals surface area contributed by atoms with Gasteiger partial charge in [-0.2, -0.15) is 0 Å². The highest BCUT2D eigenvalue weighted by Gasteiger charge is 2.18. The molecule has 1 saturated carbocycles. The molecule has 0 spiro atoms. The van der Waals surface area contributed by atoms with E-state index in [1.807, 2.05) is 6.07 Å². The number of aliphatic hydroxyl groups is 1. The number of benzene rings is 1. The van der Waals surface area contributed by atoms with Crippen LogP contribution in [0.3, 0.4) is 0 Å². The van der Waals surface area contributed by atoms with E-state index < -0.39 is 5.97 Å². The van der Waals surface area contributed by atoms with E-state index in [4.69, 9.17) is 5.11 Å². The van der Waals surface area contributed by atoms with Crippen molar-refractivity contribution in [1.29, 1.82) is 0 Å². The largest absolute Gasteiger partial charge is 0.478 e. The molecule has 2 N–H and O–H groups in total. The van der Waals surface area contributed by atoms with Gasteiger partial charge in [-0.25, -0.2) is 4.79 Å². The van der Waals surface area contributed by atoms with E-state index in [2.05, 4.69) is 0 Å². The number of carbonyl (C=O) groups is 1. The Bertz CT molecular complexity index is 427. The molecule has 104 valence electrons. The van der Waals surface area contributed by atoms with E-state index in [0.717, 1.165) is 11.3 Å². The highest BCUT2D eigenvalue weighted by molar-refractivity contribution is 7.99. The average molecular weight is 280 g/mol. The summed E-state index contributed by atoms with van der Waals surface area (Å²) >= 11 is 1.53. The van der Waals surface area contributed by atoms with Gasteiger partial charge < -0.3 is 10.2 Å². The standard InChI is InChI=1S/C15H20O3S/c16-13(8-11-4-1-2-5-11)10-19-14-7-3-6-12(9-14)15(17)18/h3,6-7,9,11,13,16H,1-2,4-5,8,10H2,(H,17,18). The number of aromatic carboxylic acids is 1. The van der Waals surface area contributed by atoms with Crippen LogP contribution in [0.5, 0.6) is 0 Å². The van der Waals surface area contributed by atoms with E-state index in [9.17, 15) is 9.90 Å². The van der Waals surface area contributed by atoms with Gasteiger partial charge in [-0.3, -0.25) is 0 Å².